The molecule has 0 radical (unpaired) electrons. The summed E-state index contributed by atoms with van der Waals surface area (Å²) in [5.74, 6) is 0.472. The minimum atomic E-state index is -3.85. The van der Waals surface area contributed by atoms with E-state index in [1.54, 1.807) is 0 Å². The number of unbranched alkanes of at least 4 members (excludes halogenated alkanes) is 1. The Morgan fingerprint density at radius 2 is 1.58 bits per heavy atom. The number of nitro benzene ring substituents is 1. The molecule has 2 aromatic rings. The van der Waals surface area contributed by atoms with E-state index in [4.69, 9.17) is 4.43 Å². The van der Waals surface area contributed by atoms with Crippen LogP contribution in [-0.2, 0) is 21.0 Å². The molecule has 0 saturated heterocycles. The van der Waals surface area contributed by atoms with E-state index in [9.17, 15) is 18.5 Å². The quantitative estimate of drug-likeness (QED) is 0.0408. The molecule has 9 nitrogen and oxygen atoms in total. The number of anilines is 2. The highest BCUT2D eigenvalue weighted by molar-refractivity contribution is 7.89. The average Bonchev–Trinajstić information content (AvgIpc) is 2.98. The maximum atomic E-state index is 12.8. The first kappa shape index (κ1) is 44.1. The number of hydrogen-bond donors (Lipinski definition) is 2. The van der Waals surface area contributed by atoms with Crippen LogP contribution in [0.5, 0.6) is 0 Å². The second kappa shape index (κ2) is 17.6. The van der Waals surface area contributed by atoms with Gasteiger partial charge in [0, 0.05) is 29.1 Å². The normalized spacial score (nSPS) is 13.6. The SMILES string of the molecule is CCCCC(C)(C)[Si](C)(C)OC(C)(C)[Si](C)(C)CCC[N+](C)(C)Cc1ccc(Nc2ccc(S(=O)(=O)NCCCC(C)C)cc2[N+](=O)[O-])cc1. The number of hydrogen-bond acceptors (Lipinski definition) is 6. The van der Waals surface area contributed by atoms with Crippen LogP contribution in [0.15, 0.2) is 47.4 Å². The first-order valence-corrected chi connectivity index (χ1v) is 26.1. The zero-order valence-electron chi connectivity index (χ0n) is 33.5. The van der Waals surface area contributed by atoms with E-state index >= 15 is 0 Å². The van der Waals surface area contributed by atoms with Crippen molar-refractivity contribution in [1.29, 1.82) is 0 Å². The zero-order chi connectivity index (χ0) is 38.2. The van der Waals surface area contributed by atoms with Crippen molar-refractivity contribution in [2.24, 2.45) is 5.92 Å². The number of benzene rings is 2. The molecule has 2 N–H and O–H groups in total. The second-order valence-electron chi connectivity index (χ2n) is 17.6. The fourth-order valence-electron chi connectivity index (χ4n) is 6.24. The van der Waals surface area contributed by atoms with E-state index in [1.165, 1.54) is 43.0 Å². The molecule has 0 unspecified atom stereocenters. The highest BCUT2D eigenvalue weighted by Crippen LogP contribution is 2.46. The average molecular weight is 750 g/mol. The van der Waals surface area contributed by atoms with Crippen LogP contribution in [0.1, 0.15) is 92.6 Å². The van der Waals surface area contributed by atoms with Gasteiger partial charge in [0.25, 0.3) is 5.69 Å². The number of nitro groups is 1. The number of nitrogens with one attached hydrogen (secondary N) is 2. The number of quaternary nitrogens is 1. The Labute approximate surface area is 306 Å². The molecule has 2 rings (SSSR count). The summed E-state index contributed by atoms with van der Waals surface area (Å²) < 4.78 is 36.2. The molecule has 0 aliphatic heterocycles. The first-order valence-electron chi connectivity index (χ1n) is 18.5. The summed E-state index contributed by atoms with van der Waals surface area (Å²) in [6, 6.07) is 13.1. The van der Waals surface area contributed by atoms with Gasteiger partial charge in [0.05, 0.1) is 38.5 Å². The van der Waals surface area contributed by atoms with E-state index in [0.29, 0.717) is 24.6 Å². The molecule has 0 spiro atoms. The highest BCUT2D eigenvalue weighted by atomic mass is 32.2. The predicted molar refractivity (Wildman–Crippen MR) is 216 cm³/mol. The van der Waals surface area contributed by atoms with E-state index in [2.05, 4.69) is 111 Å². The van der Waals surface area contributed by atoms with Gasteiger partial charge < -0.3 is 14.2 Å². The maximum Gasteiger partial charge on any atom is 0.294 e. The molecular formula is C38H69N4O5SSi2+. The third-order valence-corrected chi connectivity index (χ3v) is 22.2. The Morgan fingerprint density at radius 1 is 0.960 bits per heavy atom. The van der Waals surface area contributed by atoms with Crippen LogP contribution in [0.4, 0.5) is 17.1 Å². The number of nitrogens with zero attached hydrogens (tertiary/aromatic N) is 2. The smallest absolute Gasteiger partial charge is 0.294 e. The standard InChI is InChI=1S/C38H69N4O5SSi2/c1-14-15-25-37(4,5)50(12,13)47-38(6,7)49(10,11)28-17-27-42(8,9)30-32-19-21-33(22-20-32)40-35-24-23-34(29-36(35)41(43)44)48(45,46)39-26-16-18-31(2)3/h19-24,29,31,39-40H,14-18,25-28,30H2,1-13H3/q+1. The zero-order valence-corrected chi connectivity index (χ0v) is 36.4. The Kier molecular flexibility index (Phi) is 15.5. The summed E-state index contributed by atoms with van der Waals surface area (Å²) in [6.45, 7) is 28.0. The highest BCUT2D eigenvalue weighted by Gasteiger charge is 2.49. The van der Waals surface area contributed by atoms with Crippen LogP contribution in [0, 0.1) is 16.0 Å². The lowest BCUT2D eigenvalue weighted by Crippen LogP contribution is -2.59. The van der Waals surface area contributed by atoms with Crippen LogP contribution in [0.25, 0.3) is 0 Å². The predicted octanol–water partition coefficient (Wildman–Crippen LogP) is 10.2. The molecule has 0 bridgehead atoms. The molecule has 2 aromatic carbocycles. The van der Waals surface area contributed by atoms with Crippen molar-refractivity contribution in [2.75, 3.05) is 32.5 Å². The fourth-order valence-corrected chi connectivity index (χ4v) is 13.2. The molecule has 0 saturated carbocycles. The van der Waals surface area contributed by atoms with E-state index in [1.807, 2.05) is 12.1 Å². The van der Waals surface area contributed by atoms with Crippen molar-refractivity contribution in [3.8, 4) is 0 Å². The van der Waals surface area contributed by atoms with Gasteiger partial charge in [-0.15, -0.1) is 0 Å². The molecule has 0 heterocycles. The monoisotopic (exact) mass is 749 g/mol. The first-order chi connectivity index (χ1) is 22.8. The lowest BCUT2D eigenvalue weighted by atomic mass is 10.1. The molecule has 0 aliphatic carbocycles. The summed E-state index contributed by atoms with van der Waals surface area (Å²) >= 11 is 0. The summed E-state index contributed by atoms with van der Waals surface area (Å²) in [5.41, 5.74) is 1.83. The van der Waals surface area contributed by atoms with E-state index < -0.39 is 31.3 Å². The lowest BCUT2D eigenvalue weighted by Gasteiger charge is -2.50. The van der Waals surface area contributed by atoms with Crippen LogP contribution < -0.4 is 10.0 Å². The van der Waals surface area contributed by atoms with Gasteiger partial charge >= 0.3 is 0 Å². The van der Waals surface area contributed by atoms with Gasteiger partial charge in [0.2, 0.25) is 10.0 Å². The van der Waals surface area contributed by atoms with Gasteiger partial charge in [-0.2, -0.15) is 0 Å². The van der Waals surface area contributed by atoms with Crippen LogP contribution in [0.3, 0.4) is 0 Å². The van der Waals surface area contributed by atoms with Gasteiger partial charge in [-0.1, -0.05) is 72.7 Å². The van der Waals surface area contributed by atoms with Gasteiger partial charge in [-0.25, -0.2) is 13.1 Å². The Bertz CT molecular complexity index is 1510. The molecular weight excluding hydrogens is 681 g/mol. The Balaban J connectivity index is 2.03. The van der Waals surface area contributed by atoms with Crippen LogP contribution >= 0.6 is 0 Å². The lowest BCUT2D eigenvalue weighted by molar-refractivity contribution is -0.903. The topological polar surface area (TPSA) is 111 Å². The maximum absolute atomic E-state index is 12.8. The number of rotatable bonds is 22. The molecule has 50 heavy (non-hydrogen) atoms. The van der Waals surface area contributed by atoms with Crippen molar-refractivity contribution < 1.29 is 22.3 Å². The molecule has 0 atom stereocenters. The fraction of sp³-hybridized carbons (Fsp3) is 0.684. The summed E-state index contributed by atoms with van der Waals surface area (Å²) in [5, 5.41) is 15.2. The molecule has 0 fully saturated rings. The third kappa shape index (κ3) is 12.8. The van der Waals surface area contributed by atoms with Gasteiger partial charge in [0.1, 0.15) is 12.2 Å². The second-order valence-corrected chi connectivity index (χ2v) is 29.4. The van der Waals surface area contributed by atoms with Crippen molar-refractivity contribution in [1.82, 2.24) is 4.72 Å². The third-order valence-electron chi connectivity index (χ3n) is 11.1. The minimum Gasteiger partial charge on any atom is -0.415 e. The van der Waals surface area contributed by atoms with Crippen LogP contribution in [0.2, 0.25) is 37.3 Å². The summed E-state index contributed by atoms with van der Waals surface area (Å²) in [6.07, 6.45) is 6.44. The Hall–Kier alpha value is -2.10. The molecule has 0 amide bonds. The number of sulfonamides is 1. The Morgan fingerprint density at radius 3 is 2.14 bits per heavy atom. The van der Waals surface area contributed by atoms with E-state index in [-0.39, 0.29) is 26.5 Å². The van der Waals surface area contributed by atoms with Crippen molar-refractivity contribution in [3.05, 3.63) is 58.1 Å². The molecule has 284 valence electrons. The van der Waals surface area contributed by atoms with Crippen molar-refractivity contribution in [3.63, 3.8) is 0 Å². The largest absolute Gasteiger partial charge is 0.415 e. The van der Waals surface area contributed by atoms with Crippen LogP contribution in [-0.4, -0.2) is 66.6 Å². The molecule has 0 aromatic heterocycles. The van der Waals surface area contributed by atoms with Gasteiger partial charge in [0.15, 0.2) is 8.32 Å². The van der Waals surface area contributed by atoms with E-state index in [0.717, 1.165) is 36.5 Å². The molecule has 0 aliphatic rings. The van der Waals surface area contributed by atoms with Gasteiger partial charge in [-0.05, 0) is 93.9 Å². The summed E-state index contributed by atoms with van der Waals surface area (Å²) in [7, 11) is -2.96. The van der Waals surface area contributed by atoms with Gasteiger partial charge in [-0.3, -0.25) is 10.1 Å². The van der Waals surface area contributed by atoms with Crippen molar-refractivity contribution in [2.45, 2.75) is 141 Å². The summed E-state index contributed by atoms with van der Waals surface area (Å²) in [4.78, 5) is 11.3. The molecule has 12 heteroatoms. The minimum absolute atomic E-state index is 0.0973. The van der Waals surface area contributed by atoms with Crippen molar-refractivity contribution >= 4 is 43.5 Å².